The molecule has 1 amide bonds. The largest absolute Gasteiger partial charge is 0.465 e. The van der Waals surface area contributed by atoms with Crippen LogP contribution >= 0.6 is 0 Å². The normalized spacial score (nSPS) is 19.0. The Labute approximate surface area is 134 Å². The fraction of sp³-hybridized carbons (Fsp3) is 0.158. The Hall–Kier alpha value is -2.88. The molecule has 0 radical (unpaired) electrons. The van der Waals surface area contributed by atoms with Crippen molar-refractivity contribution in [3.05, 3.63) is 71.3 Å². The summed E-state index contributed by atoms with van der Waals surface area (Å²) in [6.45, 7) is 2.02. The molecule has 0 aromatic heterocycles. The zero-order valence-corrected chi connectivity index (χ0v) is 12.7. The summed E-state index contributed by atoms with van der Waals surface area (Å²) in [5.74, 6) is 0. The van der Waals surface area contributed by atoms with Gasteiger partial charge in [0.2, 0.25) is 0 Å². The van der Waals surface area contributed by atoms with Gasteiger partial charge in [-0.2, -0.15) is 0 Å². The maximum Gasteiger partial charge on any atom is 0.405 e. The maximum atomic E-state index is 11.7. The molecule has 23 heavy (non-hydrogen) atoms. The summed E-state index contributed by atoms with van der Waals surface area (Å²) in [6, 6.07) is 13.9. The first-order chi connectivity index (χ1) is 11.0. The third-order valence-electron chi connectivity index (χ3n) is 4.16. The van der Waals surface area contributed by atoms with E-state index in [0.29, 0.717) is 18.3 Å². The number of hydrogen-bond donors (Lipinski definition) is 2. The number of benzene rings is 2. The van der Waals surface area contributed by atoms with Crippen LogP contribution < -0.4 is 5.32 Å². The van der Waals surface area contributed by atoms with Gasteiger partial charge >= 0.3 is 6.09 Å². The van der Waals surface area contributed by atoms with Crippen LogP contribution in [-0.4, -0.2) is 17.5 Å². The Kier molecular flexibility index (Phi) is 3.74. The lowest BCUT2D eigenvalue weighted by molar-refractivity contribution is -0.112. The first kappa shape index (κ1) is 15.0. The Morgan fingerprint density at radius 2 is 1.87 bits per heavy atom. The van der Waals surface area contributed by atoms with Crippen LogP contribution in [0.25, 0.3) is 11.1 Å². The van der Waals surface area contributed by atoms with Gasteiger partial charge in [-0.05, 0) is 41.7 Å². The molecule has 2 aromatic carbocycles. The summed E-state index contributed by atoms with van der Waals surface area (Å²) in [5, 5.41) is 11.5. The van der Waals surface area contributed by atoms with Crippen molar-refractivity contribution < 1.29 is 14.7 Å². The summed E-state index contributed by atoms with van der Waals surface area (Å²) < 4.78 is 0. The first-order valence-electron chi connectivity index (χ1n) is 7.40. The highest BCUT2D eigenvalue weighted by molar-refractivity contribution is 5.82. The van der Waals surface area contributed by atoms with E-state index in [1.807, 2.05) is 55.5 Å². The second-order valence-electron chi connectivity index (χ2n) is 5.76. The zero-order valence-electron chi connectivity index (χ0n) is 12.7. The Balaban J connectivity index is 2.12. The molecule has 1 aliphatic carbocycles. The summed E-state index contributed by atoms with van der Waals surface area (Å²) in [5.41, 5.74) is 3.48. The summed E-state index contributed by atoms with van der Waals surface area (Å²) in [7, 11) is 0. The van der Waals surface area contributed by atoms with Gasteiger partial charge in [0.25, 0.3) is 0 Å². The lowest BCUT2D eigenvalue weighted by atomic mass is 9.80. The molecule has 0 spiro atoms. The number of allylic oxidation sites excluding steroid dienone is 1. The fourth-order valence-corrected chi connectivity index (χ4v) is 2.94. The molecule has 2 aromatic rings. The number of fused-ring (bicyclic) bond motifs is 1. The molecule has 1 aliphatic rings. The Bertz CT molecular complexity index is 793. The lowest BCUT2D eigenvalue weighted by Crippen LogP contribution is -2.46. The van der Waals surface area contributed by atoms with E-state index in [-0.39, 0.29) is 0 Å². The minimum Gasteiger partial charge on any atom is -0.465 e. The minimum absolute atomic E-state index is 0.647. The van der Waals surface area contributed by atoms with Crippen LogP contribution in [0, 0.1) is 6.92 Å². The fourth-order valence-electron chi connectivity index (χ4n) is 2.94. The Morgan fingerprint density at radius 3 is 2.52 bits per heavy atom. The van der Waals surface area contributed by atoms with Gasteiger partial charge in [-0.25, -0.2) is 4.79 Å². The van der Waals surface area contributed by atoms with Gasteiger partial charge in [0.15, 0.2) is 6.29 Å². The van der Waals surface area contributed by atoms with Crippen LogP contribution in [0.15, 0.2) is 54.6 Å². The molecule has 0 heterocycles. The summed E-state index contributed by atoms with van der Waals surface area (Å²) in [4.78, 5) is 22.8. The number of aryl methyl sites for hydroxylation is 1. The van der Waals surface area contributed by atoms with Crippen molar-refractivity contribution in [2.24, 2.45) is 0 Å². The van der Waals surface area contributed by atoms with E-state index in [4.69, 9.17) is 5.11 Å². The molecule has 2 N–H and O–H groups in total. The van der Waals surface area contributed by atoms with E-state index in [1.54, 1.807) is 6.08 Å². The van der Waals surface area contributed by atoms with Crippen LogP contribution in [0.1, 0.15) is 16.7 Å². The minimum atomic E-state index is -1.32. The van der Waals surface area contributed by atoms with Crippen molar-refractivity contribution in [2.75, 3.05) is 0 Å². The van der Waals surface area contributed by atoms with Gasteiger partial charge in [0.1, 0.15) is 5.54 Å². The van der Waals surface area contributed by atoms with Crippen molar-refractivity contribution in [3.63, 3.8) is 0 Å². The van der Waals surface area contributed by atoms with Crippen molar-refractivity contribution in [3.8, 4) is 11.1 Å². The van der Waals surface area contributed by atoms with Gasteiger partial charge in [-0.3, -0.25) is 4.79 Å². The zero-order chi connectivity index (χ0) is 16.4. The molecule has 0 saturated carbocycles. The molecule has 0 unspecified atom stereocenters. The first-order valence-corrected chi connectivity index (χ1v) is 7.40. The summed E-state index contributed by atoms with van der Waals surface area (Å²) in [6.07, 6.45) is 3.54. The van der Waals surface area contributed by atoms with Gasteiger partial charge < -0.3 is 10.4 Å². The van der Waals surface area contributed by atoms with Crippen molar-refractivity contribution in [1.29, 1.82) is 0 Å². The highest BCUT2D eigenvalue weighted by Crippen LogP contribution is 2.33. The van der Waals surface area contributed by atoms with Crippen LogP contribution in [0.5, 0.6) is 0 Å². The number of nitrogens with one attached hydrogen (secondary N) is 1. The smallest absolute Gasteiger partial charge is 0.405 e. The van der Waals surface area contributed by atoms with E-state index in [2.05, 4.69) is 5.32 Å². The van der Waals surface area contributed by atoms with Crippen molar-refractivity contribution in [2.45, 2.75) is 18.9 Å². The second-order valence-corrected chi connectivity index (χ2v) is 5.76. The third kappa shape index (κ3) is 2.75. The Morgan fingerprint density at radius 1 is 1.17 bits per heavy atom. The van der Waals surface area contributed by atoms with Gasteiger partial charge in [0, 0.05) is 0 Å². The number of carboxylic acid groups (broad SMARTS) is 1. The van der Waals surface area contributed by atoms with Gasteiger partial charge in [-0.15, -0.1) is 0 Å². The SMILES string of the molecule is Cc1ccc(-c2ccc3c(c2)[C@@](C=O)(NC(=O)O)C=CC3)cc1. The molecule has 4 heteroatoms. The number of carbonyl (C=O) groups is 2. The van der Waals surface area contributed by atoms with Crippen LogP contribution in [-0.2, 0) is 16.8 Å². The standard InChI is InChI=1S/C19H17NO3/c1-13-4-6-14(7-5-13)16-9-8-15-3-2-10-19(12-21,17(15)11-16)20-18(22)23/h2,4-12,20H,3H2,1H3,(H,22,23)/t19-/m1/s1. The molecular weight excluding hydrogens is 290 g/mol. The van der Waals surface area contributed by atoms with Crippen LogP contribution in [0.4, 0.5) is 4.79 Å². The number of rotatable bonds is 3. The van der Waals surface area contributed by atoms with E-state index < -0.39 is 11.6 Å². The second kappa shape index (κ2) is 5.72. The number of amides is 1. The van der Waals surface area contributed by atoms with Gasteiger partial charge in [-0.1, -0.05) is 54.1 Å². The predicted molar refractivity (Wildman–Crippen MR) is 88.4 cm³/mol. The molecule has 3 rings (SSSR count). The predicted octanol–water partition coefficient (Wildman–Crippen LogP) is 3.44. The third-order valence-corrected chi connectivity index (χ3v) is 4.16. The number of carbonyl (C=O) groups excluding carboxylic acids is 1. The molecule has 0 saturated heterocycles. The molecule has 4 nitrogen and oxygen atoms in total. The van der Waals surface area contributed by atoms with E-state index >= 15 is 0 Å². The highest BCUT2D eigenvalue weighted by atomic mass is 16.4. The van der Waals surface area contributed by atoms with E-state index in [0.717, 1.165) is 16.7 Å². The van der Waals surface area contributed by atoms with Gasteiger partial charge in [0.05, 0.1) is 0 Å². The van der Waals surface area contributed by atoms with Crippen LogP contribution in [0.3, 0.4) is 0 Å². The molecular formula is C19H17NO3. The highest BCUT2D eigenvalue weighted by Gasteiger charge is 2.35. The maximum absolute atomic E-state index is 11.7. The molecule has 0 fully saturated rings. The monoisotopic (exact) mass is 307 g/mol. The topological polar surface area (TPSA) is 66.4 Å². The average Bonchev–Trinajstić information content (AvgIpc) is 2.55. The quantitative estimate of drug-likeness (QED) is 0.674. The summed E-state index contributed by atoms with van der Waals surface area (Å²) >= 11 is 0. The van der Waals surface area contributed by atoms with E-state index in [9.17, 15) is 9.59 Å². The van der Waals surface area contributed by atoms with Crippen LogP contribution in [0.2, 0.25) is 0 Å². The number of aldehydes is 1. The number of hydrogen-bond acceptors (Lipinski definition) is 2. The average molecular weight is 307 g/mol. The molecule has 0 bridgehead atoms. The molecule has 116 valence electrons. The van der Waals surface area contributed by atoms with Crippen molar-refractivity contribution in [1.82, 2.24) is 5.32 Å². The molecule has 0 aliphatic heterocycles. The molecule has 1 atom stereocenters. The van der Waals surface area contributed by atoms with Crippen molar-refractivity contribution >= 4 is 12.4 Å². The lowest BCUT2D eigenvalue weighted by Gasteiger charge is -2.30. The van der Waals surface area contributed by atoms with E-state index in [1.165, 1.54) is 5.56 Å².